The molecule has 0 N–H and O–H groups in total. The van der Waals surface area contributed by atoms with E-state index in [1.54, 1.807) is 11.3 Å². The molecule has 2 amide bonds. The lowest BCUT2D eigenvalue weighted by molar-refractivity contribution is 0.152. The molecule has 1 saturated carbocycles. The van der Waals surface area contributed by atoms with Crippen LogP contribution in [-0.4, -0.2) is 35.0 Å². The van der Waals surface area contributed by atoms with Gasteiger partial charge >= 0.3 is 6.03 Å². The summed E-state index contributed by atoms with van der Waals surface area (Å²) in [5, 5.41) is 2.07. The molecule has 0 saturated heterocycles. The van der Waals surface area contributed by atoms with Gasteiger partial charge in [-0.15, -0.1) is 11.3 Å². The Bertz CT molecular complexity index is 356. The van der Waals surface area contributed by atoms with E-state index in [2.05, 4.69) is 11.4 Å². The average molecular weight is 252 g/mol. The summed E-state index contributed by atoms with van der Waals surface area (Å²) in [6.07, 6.45) is 2.33. The number of thiophene rings is 1. The second-order valence-corrected chi connectivity index (χ2v) is 5.43. The van der Waals surface area contributed by atoms with Gasteiger partial charge in [-0.05, 0) is 38.1 Å². The fraction of sp³-hybridized carbons (Fsp3) is 0.615. The molecule has 0 unspecified atom stereocenters. The molecule has 0 atom stereocenters. The Kier molecular flexibility index (Phi) is 4.05. The van der Waals surface area contributed by atoms with Crippen molar-refractivity contribution >= 4 is 17.4 Å². The summed E-state index contributed by atoms with van der Waals surface area (Å²) in [5.41, 5.74) is 0. The lowest BCUT2D eigenvalue weighted by Crippen LogP contribution is -2.43. The first-order valence-corrected chi connectivity index (χ1v) is 7.22. The third kappa shape index (κ3) is 3.00. The van der Waals surface area contributed by atoms with Crippen LogP contribution in [0.15, 0.2) is 17.5 Å². The van der Waals surface area contributed by atoms with Crippen molar-refractivity contribution in [2.24, 2.45) is 0 Å². The predicted octanol–water partition coefficient (Wildman–Crippen LogP) is 3.17. The number of urea groups is 1. The molecule has 1 aromatic rings. The summed E-state index contributed by atoms with van der Waals surface area (Å²) < 4.78 is 0. The summed E-state index contributed by atoms with van der Waals surface area (Å²) in [7, 11) is 0. The van der Waals surface area contributed by atoms with Crippen LogP contribution in [0.5, 0.6) is 0 Å². The maximum Gasteiger partial charge on any atom is 0.320 e. The van der Waals surface area contributed by atoms with Crippen molar-refractivity contribution in [3.8, 4) is 0 Å². The van der Waals surface area contributed by atoms with Crippen molar-refractivity contribution < 1.29 is 4.79 Å². The molecule has 17 heavy (non-hydrogen) atoms. The average Bonchev–Trinajstić information content (AvgIpc) is 3.05. The van der Waals surface area contributed by atoms with Gasteiger partial charge in [-0.3, -0.25) is 0 Å². The monoisotopic (exact) mass is 252 g/mol. The second-order valence-electron chi connectivity index (χ2n) is 4.39. The van der Waals surface area contributed by atoms with Gasteiger partial charge in [0.15, 0.2) is 0 Å². The molecule has 2 rings (SSSR count). The largest absolute Gasteiger partial charge is 0.325 e. The fourth-order valence-electron chi connectivity index (χ4n) is 1.99. The maximum absolute atomic E-state index is 12.4. The highest BCUT2D eigenvalue weighted by Crippen LogP contribution is 2.30. The molecule has 3 nitrogen and oxygen atoms in total. The van der Waals surface area contributed by atoms with Crippen LogP contribution in [0.3, 0.4) is 0 Å². The van der Waals surface area contributed by atoms with Crippen molar-refractivity contribution in [3.63, 3.8) is 0 Å². The van der Waals surface area contributed by atoms with Crippen LogP contribution in [0.25, 0.3) is 0 Å². The normalized spacial score (nSPS) is 14.7. The Morgan fingerprint density at radius 2 is 2.12 bits per heavy atom. The van der Waals surface area contributed by atoms with Crippen molar-refractivity contribution in [1.82, 2.24) is 9.80 Å². The van der Waals surface area contributed by atoms with Crippen LogP contribution in [0.1, 0.15) is 31.6 Å². The summed E-state index contributed by atoms with van der Waals surface area (Å²) in [4.78, 5) is 17.6. The highest BCUT2D eigenvalue weighted by Gasteiger charge is 2.34. The Morgan fingerprint density at radius 3 is 2.59 bits per heavy atom. The predicted molar refractivity (Wildman–Crippen MR) is 71.2 cm³/mol. The van der Waals surface area contributed by atoms with E-state index in [0.717, 1.165) is 19.6 Å². The number of hydrogen-bond acceptors (Lipinski definition) is 2. The third-order valence-corrected chi connectivity index (χ3v) is 4.03. The third-order valence-electron chi connectivity index (χ3n) is 3.17. The van der Waals surface area contributed by atoms with Crippen LogP contribution in [0.2, 0.25) is 0 Å². The van der Waals surface area contributed by atoms with Crippen molar-refractivity contribution in [1.29, 1.82) is 0 Å². The highest BCUT2D eigenvalue weighted by molar-refractivity contribution is 7.09. The van der Waals surface area contributed by atoms with Crippen molar-refractivity contribution in [2.45, 2.75) is 39.3 Å². The lowest BCUT2D eigenvalue weighted by Gasteiger charge is -2.29. The summed E-state index contributed by atoms with van der Waals surface area (Å²) in [6, 6.07) is 4.83. The standard InChI is InChI=1S/C13H20N2OS/c1-3-14(4-2)13(16)15(11-7-8-11)10-12-6-5-9-17-12/h5-6,9,11H,3-4,7-8,10H2,1-2H3. The topological polar surface area (TPSA) is 23.6 Å². The number of hydrogen-bond donors (Lipinski definition) is 0. The molecular weight excluding hydrogens is 232 g/mol. The number of rotatable bonds is 5. The first-order chi connectivity index (χ1) is 8.26. The number of carbonyl (C=O) groups is 1. The molecular formula is C13H20N2OS. The fourth-order valence-corrected chi connectivity index (χ4v) is 2.69. The second kappa shape index (κ2) is 5.54. The van der Waals surface area contributed by atoms with E-state index < -0.39 is 0 Å². The molecule has 0 radical (unpaired) electrons. The van der Waals surface area contributed by atoms with Crippen LogP contribution in [0.4, 0.5) is 4.79 Å². The van der Waals surface area contributed by atoms with Crippen LogP contribution in [0, 0.1) is 0 Å². The lowest BCUT2D eigenvalue weighted by atomic mass is 10.4. The van der Waals surface area contributed by atoms with E-state index in [-0.39, 0.29) is 6.03 Å². The van der Waals surface area contributed by atoms with Gasteiger partial charge in [0, 0.05) is 24.0 Å². The number of amides is 2. The summed E-state index contributed by atoms with van der Waals surface area (Å²) >= 11 is 1.73. The van der Waals surface area contributed by atoms with E-state index in [0.29, 0.717) is 6.04 Å². The number of carbonyl (C=O) groups excluding carboxylic acids is 1. The van der Waals surface area contributed by atoms with Gasteiger partial charge in [0.2, 0.25) is 0 Å². The summed E-state index contributed by atoms with van der Waals surface area (Å²) in [6.45, 7) is 6.44. The Hall–Kier alpha value is -1.03. The van der Waals surface area contributed by atoms with Gasteiger partial charge in [-0.25, -0.2) is 4.79 Å². The van der Waals surface area contributed by atoms with E-state index >= 15 is 0 Å². The van der Waals surface area contributed by atoms with Gasteiger partial charge in [0.25, 0.3) is 0 Å². The molecule has 0 bridgehead atoms. The smallest absolute Gasteiger partial charge is 0.320 e. The van der Waals surface area contributed by atoms with Crippen LogP contribution in [-0.2, 0) is 6.54 Å². The van der Waals surface area contributed by atoms with Crippen molar-refractivity contribution in [3.05, 3.63) is 22.4 Å². The Labute approximate surface area is 107 Å². The minimum atomic E-state index is 0.200. The van der Waals surface area contributed by atoms with Gasteiger partial charge in [0.05, 0.1) is 6.54 Å². The summed E-state index contributed by atoms with van der Waals surface area (Å²) in [5.74, 6) is 0. The molecule has 1 aliphatic rings. The zero-order valence-corrected chi connectivity index (χ0v) is 11.4. The SMILES string of the molecule is CCN(CC)C(=O)N(Cc1cccs1)C1CC1. The van der Waals surface area contributed by atoms with Gasteiger partial charge in [-0.1, -0.05) is 6.07 Å². The van der Waals surface area contributed by atoms with E-state index in [1.165, 1.54) is 17.7 Å². The first kappa shape index (κ1) is 12.4. The zero-order chi connectivity index (χ0) is 12.3. The molecule has 94 valence electrons. The van der Waals surface area contributed by atoms with Gasteiger partial charge < -0.3 is 9.80 Å². The van der Waals surface area contributed by atoms with Gasteiger partial charge in [0.1, 0.15) is 0 Å². The molecule has 4 heteroatoms. The van der Waals surface area contributed by atoms with E-state index in [4.69, 9.17) is 0 Å². The van der Waals surface area contributed by atoms with Crippen molar-refractivity contribution in [2.75, 3.05) is 13.1 Å². The van der Waals surface area contributed by atoms with Crippen LogP contribution >= 0.6 is 11.3 Å². The van der Waals surface area contributed by atoms with E-state index in [1.807, 2.05) is 29.7 Å². The molecule has 1 aliphatic carbocycles. The first-order valence-electron chi connectivity index (χ1n) is 6.34. The van der Waals surface area contributed by atoms with Crippen LogP contribution < -0.4 is 0 Å². The number of nitrogens with zero attached hydrogens (tertiary/aromatic N) is 2. The minimum absolute atomic E-state index is 0.200. The maximum atomic E-state index is 12.4. The highest BCUT2D eigenvalue weighted by atomic mass is 32.1. The molecule has 0 aliphatic heterocycles. The zero-order valence-electron chi connectivity index (χ0n) is 10.6. The Balaban J connectivity index is 2.04. The quantitative estimate of drug-likeness (QED) is 0.789. The van der Waals surface area contributed by atoms with Gasteiger partial charge in [-0.2, -0.15) is 0 Å². The molecule has 1 fully saturated rings. The Morgan fingerprint density at radius 1 is 1.41 bits per heavy atom. The molecule has 0 spiro atoms. The molecule has 1 heterocycles. The minimum Gasteiger partial charge on any atom is -0.325 e. The van der Waals surface area contributed by atoms with E-state index in [9.17, 15) is 4.79 Å². The molecule has 0 aromatic carbocycles. The molecule has 1 aromatic heterocycles.